The molecule has 1 aliphatic rings. The third kappa shape index (κ3) is 5.90. The highest BCUT2D eigenvalue weighted by Gasteiger charge is 2.26. The number of hydrogen-bond acceptors (Lipinski definition) is 3. The van der Waals surface area contributed by atoms with Gasteiger partial charge in [-0.2, -0.15) is 0 Å². The normalized spacial score (nSPS) is 20.6. The zero-order valence-electron chi connectivity index (χ0n) is 12.9. The standard InChI is InChI=1S/C15H28N2O3/c1-15(2,3)11(6-7-13(18)19)8-10-17-14(20)12-5-4-9-16-12/h11-12,16H,4-10H2,1-3H3,(H,17,20)(H,18,19)/t11?,12-/m1/s1. The maximum absolute atomic E-state index is 11.9. The van der Waals surface area contributed by atoms with Crippen molar-refractivity contribution in [3.63, 3.8) is 0 Å². The van der Waals surface area contributed by atoms with E-state index < -0.39 is 5.97 Å². The topological polar surface area (TPSA) is 78.4 Å². The van der Waals surface area contributed by atoms with E-state index in [-0.39, 0.29) is 23.8 Å². The van der Waals surface area contributed by atoms with Crippen LogP contribution in [-0.4, -0.2) is 36.1 Å². The van der Waals surface area contributed by atoms with Crippen molar-refractivity contribution in [1.29, 1.82) is 0 Å². The molecule has 5 heteroatoms. The zero-order valence-corrected chi connectivity index (χ0v) is 12.9. The third-order valence-corrected chi connectivity index (χ3v) is 4.10. The summed E-state index contributed by atoms with van der Waals surface area (Å²) in [6, 6.07) is -0.0397. The van der Waals surface area contributed by atoms with E-state index in [4.69, 9.17) is 5.11 Å². The van der Waals surface area contributed by atoms with Gasteiger partial charge in [0.2, 0.25) is 5.91 Å². The Labute approximate surface area is 121 Å². The average Bonchev–Trinajstić information content (AvgIpc) is 2.84. The van der Waals surface area contributed by atoms with Crippen LogP contribution in [0.1, 0.15) is 52.9 Å². The van der Waals surface area contributed by atoms with Crippen molar-refractivity contribution in [3.05, 3.63) is 0 Å². The van der Waals surface area contributed by atoms with Gasteiger partial charge in [-0.1, -0.05) is 20.8 Å². The fourth-order valence-electron chi connectivity index (χ4n) is 2.71. The van der Waals surface area contributed by atoms with Gasteiger partial charge in [0.25, 0.3) is 0 Å². The molecule has 1 aliphatic heterocycles. The van der Waals surface area contributed by atoms with Crippen LogP contribution in [0.25, 0.3) is 0 Å². The summed E-state index contributed by atoms with van der Waals surface area (Å²) in [5, 5.41) is 14.9. The number of amides is 1. The van der Waals surface area contributed by atoms with Gasteiger partial charge in [0.1, 0.15) is 0 Å². The molecular formula is C15H28N2O3. The van der Waals surface area contributed by atoms with Gasteiger partial charge in [-0.25, -0.2) is 0 Å². The molecule has 0 radical (unpaired) electrons. The van der Waals surface area contributed by atoms with Crippen LogP contribution < -0.4 is 10.6 Å². The molecule has 1 amide bonds. The van der Waals surface area contributed by atoms with Crippen molar-refractivity contribution in [2.45, 2.75) is 58.9 Å². The summed E-state index contributed by atoms with van der Waals surface area (Å²) in [7, 11) is 0. The van der Waals surface area contributed by atoms with E-state index in [1.54, 1.807) is 0 Å². The highest BCUT2D eigenvalue weighted by atomic mass is 16.4. The van der Waals surface area contributed by atoms with E-state index in [0.29, 0.717) is 18.9 Å². The fraction of sp³-hybridized carbons (Fsp3) is 0.867. The molecule has 1 rings (SSSR count). The number of nitrogens with one attached hydrogen (secondary N) is 2. The number of carboxylic acid groups (broad SMARTS) is 1. The van der Waals surface area contributed by atoms with Gasteiger partial charge in [0.15, 0.2) is 0 Å². The summed E-state index contributed by atoms with van der Waals surface area (Å²) in [5.41, 5.74) is 0.0613. The molecule has 0 aromatic heterocycles. The first-order valence-electron chi connectivity index (χ1n) is 7.53. The second-order valence-electron chi connectivity index (χ2n) is 6.72. The van der Waals surface area contributed by atoms with Crippen molar-refractivity contribution >= 4 is 11.9 Å². The number of carbonyl (C=O) groups excluding carboxylic acids is 1. The van der Waals surface area contributed by atoms with Crippen LogP contribution in [-0.2, 0) is 9.59 Å². The van der Waals surface area contributed by atoms with Crippen LogP contribution in [0.2, 0.25) is 0 Å². The predicted octanol–water partition coefficient (Wildman–Crippen LogP) is 1.77. The summed E-state index contributed by atoms with van der Waals surface area (Å²) >= 11 is 0. The number of rotatable bonds is 7. The Morgan fingerprint density at radius 2 is 2.05 bits per heavy atom. The summed E-state index contributed by atoms with van der Waals surface area (Å²) in [4.78, 5) is 22.6. The van der Waals surface area contributed by atoms with Crippen LogP contribution in [0.15, 0.2) is 0 Å². The lowest BCUT2D eigenvalue weighted by Gasteiger charge is -2.30. The largest absolute Gasteiger partial charge is 0.481 e. The quantitative estimate of drug-likeness (QED) is 0.666. The van der Waals surface area contributed by atoms with Gasteiger partial charge in [-0.15, -0.1) is 0 Å². The summed E-state index contributed by atoms with van der Waals surface area (Å²) in [6.45, 7) is 7.92. The molecule has 1 saturated heterocycles. The Hall–Kier alpha value is -1.10. The summed E-state index contributed by atoms with van der Waals surface area (Å²) in [6.07, 6.45) is 3.65. The Morgan fingerprint density at radius 1 is 1.35 bits per heavy atom. The molecule has 20 heavy (non-hydrogen) atoms. The molecule has 116 valence electrons. The van der Waals surface area contributed by atoms with E-state index >= 15 is 0 Å². The second kappa shape index (κ2) is 7.62. The molecule has 3 N–H and O–H groups in total. The lowest BCUT2D eigenvalue weighted by molar-refractivity contribution is -0.137. The summed E-state index contributed by atoms with van der Waals surface area (Å²) < 4.78 is 0. The molecule has 1 heterocycles. The zero-order chi connectivity index (χ0) is 15.2. The number of aliphatic carboxylic acids is 1. The van der Waals surface area contributed by atoms with Gasteiger partial charge in [0.05, 0.1) is 6.04 Å². The number of carbonyl (C=O) groups is 2. The van der Waals surface area contributed by atoms with Gasteiger partial charge in [-0.05, 0) is 43.6 Å². The molecule has 0 spiro atoms. The van der Waals surface area contributed by atoms with Crippen LogP contribution >= 0.6 is 0 Å². The smallest absolute Gasteiger partial charge is 0.303 e. The number of hydrogen-bond donors (Lipinski definition) is 3. The molecule has 1 unspecified atom stereocenters. The van der Waals surface area contributed by atoms with Crippen LogP contribution in [0.5, 0.6) is 0 Å². The molecule has 1 fully saturated rings. The SMILES string of the molecule is CC(C)(C)C(CCNC(=O)[C@H]1CCCN1)CCC(=O)O. The van der Waals surface area contributed by atoms with Crippen molar-refractivity contribution < 1.29 is 14.7 Å². The lowest BCUT2D eigenvalue weighted by atomic mass is 9.76. The van der Waals surface area contributed by atoms with E-state index in [9.17, 15) is 9.59 Å². The Kier molecular flexibility index (Phi) is 6.46. The Bertz CT molecular complexity index is 331. The maximum atomic E-state index is 11.9. The molecule has 0 saturated carbocycles. The second-order valence-corrected chi connectivity index (χ2v) is 6.72. The third-order valence-electron chi connectivity index (χ3n) is 4.10. The molecular weight excluding hydrogens is 256 g/mol. The van der Waals surface area contributed by atoms with E-state index in [1.807, 2.05) is 0 Å². The first kappa shape index (κ1) is 17.0. The average molecular weight is 284 g/mol. The highest BCUT2D eigenvalue weighted by molar-refractivity contribution is 5.81. The van der Waals surface area contributed by atoms with Crippen molar-refractivity contribution in [1.82, 2.24) is 10.6 Å². The fourth-order valence-corrected chi connectivity index (χ4v) is 2.71. The van der Waals surface area contributed by atoms with Crippen molar-refractivity contribution in [2.75, 3.05) is 13.1 Å². The minimum atomic E-state index is -0.751. The maximum Gasteiger partial charge on any atom is 0.303 e. The summed E-state index contributed by atoms with van der Waals surface area (Å²) in [5.74, 6) is -0.373. The van der Waals surface area contributed by atoms with Crippen molar-refractivity contribution in [2.24, 2.45) is 11.3 Å². The molecule has 5 nitrogen and oxygen atoms in total. The molecule has 0 bridgehead atoms. The van der Waals surface area contributed by atoms with Crippen LogP contribution in [0, 0.1) is 11.3 Å². The lowest BCUT2D eigenvalue weighted by Crippen LogP contribution is -2.41. The van der Waals surface area contributed by atoms with Crippen molar-refractivity contribution in [3.8, 4) is 0 Å². The molecule has 2 atom stereocenters. The highest BCUT2D eigenvalue weighted by Crippen LogP contribution is 2.32. The minimum absolute atomic E-state index is 0.0397. The first-order chi connectivity index (χ1) is 9.30. The Morgan fingerprint density at radius 3 is 2.55 bits per heavy atom. The molecule has 0 aromatic carbocycles. The van der Waals surface area contributed by atoms with Crippen LogP contribution in [0.4, 0.5) is 0 Å². The molecule has 0 aromatic rings. The molecule has 0 aliphatic carbocycles. The minimum Gasteiger partial charge on any atom is -0.481 e. The Balaban J connectivity index is 2.33. The monoisotopic (exact) mass is 284 g/mol. The van der Waals surface area contributed by atoms with E-state index in [0.717, 1.165) is 25.8 Å². The first-order valence-corrected chi connectivity index (χ1v) is 7.53. The number of carboxylic acids is 1. The van der Waals surface area contributed by atoms with E-state index in [2.05, 4.69) is 31.4 Å². The van der Waals surface area contributed by atoms with E-state index in [1.165, 1.54) is 0 Å². The van der Waals surface area contributed by atoms with Crippen LogP contribution in [0.3, 0.4) is 0 Å². The van der Waals surface area contributed by atoms with Gasteiger partial charge in [0, 0.05) is 13.0 Å². The van der Waals surface area contributed by atoms with Gasteiger partial charge < -0.3 is 15.7 Å². The predicted molar refractivity (Wildman–Crippen MR) is 78.5 cm³/mol. The van der Waals surface area contributed by atoms with Gasteiger partial charge >= 0.3 is 5.97 Å². The van der Waals surface area contributed by atoms with Gasteiger partial charge in [-0.3, -0.25) is 9.59 Å².